The van der Waals surface area contributed by atoms with Crippen molar-refractivity contribution in [3.8, 4) is 0 Å². The number of carbonyl (C=O) groups excluding carboxylic acids is 1. The summed E-state index contributed by atoms with van der Waals surface area (Å²) in [4.78, 5) is 16.6. The lowest BCUT2D eigenvalue weighted by atomic mass is 10.1. The minimum absolute atomic E-state index is 0.0434. The standard InChI is InChI=1S/C12H19N3O2.C2H6/c1-8-7-14(4)5-6-15(8)12(16)11-9(2)13-17-10(11)3;1-2/h8H,5-7H2,1-4H3;1-2H3. The molecule has 5 heteroatoms. The van der Waals surface area contributed by atoms with Crippen LogP contribution in [0.4, 0.5) is 0 Å². The zero-order valence-corrected chi connectivity index (χ0v) is 12.9. The molecule has 19 heavy (non-hydrogen) atoms. The van der Waals surface area contributed by atoms with Crippen molar-refractivity contribution in [2.45, 2.75) is 40.7 Å². The van der Waals surface area contributed by atoms with Crippen molar-refractivity contribution in [3.63, 3.8) is 0 Å². The van der Waals surface area contributed by atoms with Gasteiger partial charge in [-0.05, 0) is 27.8 Å². The summed E-state index contributed by atoms with van der Waals surface area (Å²) in [6, 6.07) is 0.231. The molecule has 2 rings (SSSR count). The third kappa shape index (κ3) is 3.35. The lowest BCUT2D eigenvalue weighted by Gasteiger charge is -2.38. The van der Waals surface area contributed by atoms with Crippen LogP contribution in [0.25, 0.3) is 0 Å². The molecule has 1 amide bonds. The van der Waals surface area contributed by atoms with Crippen LogP contribution in [-0.4, -0.2) is 53.6 Å². The number of carbonyl (C=O) groups is 1. The van der Waals surface area contributed by atoms with Gasteiger partial charge in [-0.3, -0.25) is 4.79 Å². The minimum atomic E-state index is 0.0434. The van der Waals surface area contributed by atoms with Gasteiger partial charge in [-0.15, -0.1) is 0 Å². The topological polar surface area (TPSA) is 49.6 Å². The lowest BCUT2D eigenvalue weighted by molar-refractivity contribution is 0.0531. The molecule has 0 saturated carbocycles. The van der Waals surface area contributed by atoms with Crippen LogP contribution < -0.4 is 0 Å². The van der Waals surface area contributed by atoms with Crippen LogP contribution in [-0.2, 0) is 0 Å². The summed E-state index contributed by atoms with van der Waals surface area (Å²) >= 11 is 0. The third-order valence-corrected chi connectivity index (χ3v) is 3.34. The maximum absolute atomic E-state index is 12.4. The highest BCUT2D eigenvalue weighted by Crippen LogP contribution is 2.18. The smallest absolute Gasteiger partial charge is 0.259 e. The van der Waals surface area contributed by atoms with Gasteiger partial charge in [-0.1, -0.05) is 19.0 Å². The van der Waals surface area contributed by atoms with Crippen LogP contribution in [0.2, 0.25) is 0 Å². The molecule has 1 aromatic rings. The van der Waals surface area contributed by atoms with Crippen molar-refractivity contribution in [2.75, 3.05) is 26.7 Å². The minimum Gasteiger partial charge on any atom is -0.361 e. The summed E-state index contributed by atoms with van der Waals surface area (Å²) in [5.41, 5.74) is 1.31. The summed E-state index contributed by atoms with van der Waals surface area (Å²) < 4.78 is 5.06. The summed E-state index contributed by atoms with van der Waals surface area (Å²) in [7, 11) is 2.08. The van der Waals surface area contributed by atoms with Crippen LogP contribution in [0.5, 0.6) is 0 Å². The fourth-order valence-corrected chi connectivity index (χ4v) is 2.37. The number of piperazine rings is 1. The predicted molar refractivity (Wildman–Crippen MR) is 75.3 cm³/mol. The molecule has 0 radical (unpaired) electrons. The molecular formula is C14H25N3O2. The van der Waals surface area contributed by atoms with E-state index in [9.17, 15) is 4.79 Å². The summed E-state index contributed by atoms with van der Waals surface area (Å²) in [6.45, 7) is 12.3. The maximum Gasteiger partial charge on any atom is 0.259 e. The van der Waals surface area contributed by atoms with E-state index in [1.165, 1.54) is 0 Å². The Kier molecular flexibility index (Phi) is 5.54. The Labute approximate surface area is 115 Å². The van der Waals surface area contributed by atoms with Crippen molar-refractivity contribution in [2.24, 2.45) is 0 Å². The van der Waals surface area contributed by atoms with Gasteiger partial charge in [0.15, 0.2) is 0 Å². The Morgan fingerprint density at radius 3 is 2.42 bits per heavy atom. The second kappa shape index (κ2) is 6.70. The Balaban J connectivity index is 0.000000861. The Morgan fingerprint density at radius 2 is 1.95 bits per heavy atom. The molecule has 0 N–H and O–H groups in total. The number of rotatable bonds is 1. The van der Waals surface area contributed by atoms with Gasteiger partial charge in [-0.25, -0.2) is 0 Å². The van der Waals surface area contributed by atoms with Gasteiger partial charge in [0.25, 0.3) is 5.91 Å². The van der Waals surface area contributed by atoms with E-state index < -0.39 is 0 Å². The molecule has 1 atom stereocenters. The number of hydrogen-bond acceptors (Lipinski definition) is 4. The lowest BCUT2D eigenvalue weighted by Crippen LogP contribution is -2.52. The molecule has 1 saturated heterocycles. The van der Waals surface area contributed by atoms with Crippen LogP contribution in [0.15, 0.2) is 4.52 Å². The summed E-state index contributed by atoms with van der Waals surface area (Å²) in [5.74, 6) is 0.653. The molecule has 108 valence electrons. The van der Waals surface area contributed by atoms with E-state index in [1.807, 2.05) is 25.7 Å². The Bertz CT molecular complexity index is 409. The Hall–Kier alpha value is -1.36. The van der Waals surface area contributed by atoms with Gasteiger partial charge in [0.2, 0.25) is 0 Å². The molecule has 5 nitrogen and oxygen atoms in total. The quantitative estimate of drug-likeness (QED) is 0.782. The van der Waals surface area contributed by atoms with E-state index in [2.05, 4.69) is 24.0 Å². The second-order valence-electron chi connectivity index (χ2n) is 4.81. The normalized spacial score (nSPS) is 19.9. The number of hydrogen-bond donors (Lipinski definition) is 0. The van der Waals surface area contributed by atoms with Gasteiger partial charge < -0.3 is 14.3 Å². The van der Waals surface area contributed by atoms with E-state index >= 15 is 0 Å². The molecule has 2 heterocycles. The van der Waals surface area contributed by atoms with Crippen molar-refractivity contribution in [1.82, 2.24) is 15.0 Å². The van der Waals surface area contributed by atoms with Gasteiger partial charge in [0, 0.05) is 25.7 Å². The van der Waals surface area contributed by atoms with E-state index in [0.29, 0.717) is 17.0 Å². The molecule has 1 unspecified atom stereocenters. The number of likely N-dealkylation sites (N-methyl/N-ethyl adjacent to an activating group) is 1. The third-order valence-electron chi connectivity index (χ3n) is 3.34. The molecular weight excluding hydrogens is 242 g/mol. The zero-order chi connectivity index (χ0) is 14.6. The second-order valence-corrected chi connectivity index (χ2v) is 4.81. The monoisotopic (exact) mass is 267 g/mol. The van der Waals surface area contributed by atoms with E-state index in [4.69, 9.17) is 4.52 Å². The summed E-state index contributed by atoms with van der Waals surface area (Å²) in [5, 5.41) is 3.84. The van der Waals surface area contributed by atoms with Gasteiger partial charge >= 0.3 is 0 Å². The van der Waals surface area contributed by atoms with E-state index in [0.717, 1.165) is 19.6 Å². The number of nitrogens with zero attached hydrogens (tertiary/aromatic N) is 3. The summed E-state index contributed by atoms with van der Waals surface area (Å²) in [6.07, 6.45) is 0. The van der Waals surface area contributed by atoms with Gasteiger partial charge in [-0.2, -0.15) is 0 Å². The fourth-order valence-electron chi connectivity index (χ4n) is 2.37. The van der Waals surface area contributed by atoms with Crippen molar-refractivity contribution in [3.05, 3.63) is 17.0 Å². The van der Waals surface area contributed by atoms with Gasteiger partial charge in [0.1, 0.15) is 11.3 Å². The van der Waals surface area contributed by atoms with Crippen LogP contribution in [0.3, 0.4) is 0 Å². The Morgan fingerprint density at radius 1 is 1.32 bits per heavy atom. The zero-order valence-electron chi connectivity index (χ0n) is 12.9. The van der Waals surface area contributed by atoms with Crippen LogP contribution in [0.1, 0.15) is 42.6 Å². The molecule has 0 aliphatic carbocycles. The van der Waals surface area contributed by atoms with Crippen molar-refractivity contribution in [1.29, 1.82) is 0 Å². The highest BCUT2D eigenvalue weighted by Gasteiger charge is 2.29. The van der Waals surface area contributed by atoms with Crippen LogP contribution in [0, 0.1) is 13.8 Å². The first-order chi connectivity index (χ1) is 9.00. The first kappa shape index (κ1) is 15.7. The maximum atomic E-state index is 12.4. The van der Waals surface area contributed by atoms with Crippen LogP contribution >= 0.6 is 0 Å². The highest BCUT2D eigenvalue weighted by molar-refractivity contribution is 5.96. The average molecular weight is 267 g/mol. The van der Waals surface area contributed by atoms with E-state index in [-0.39, 0.29) is 11.9 Å². The van der Waals surface area contributed by atoms with Crippen molar-refractivity contribution < 1.29 is 9.32 Å². The van der Waals surface area contributed by atoms with Crippen molar-refractivity contribution >= 4 is 5.91 Å². The van der Waals surface area contributed by atoms with E-state index in [1.54, 1.807) is 6.92 Å². The molecule has 1 aliphatic rings. The SMILES string of the molecule is CC.Cc1noc(C)c1C(=O)N1CCN(C)CC1C. The molecule has 1 aliphatic heterocycles. The number of amides is 1. The fraction of sp³-hybridized carbons (Fsp3) is 0.714. The molecule has 0 aromatic carbocycles. The molecule has 0 spiro atoms. The number of aryl methyl sites for hydroxylation is 2. The molecule has 1 aromatic heterocycles. The predicted octanol–water partition coefficient (Wildman–Crippen LogP) is 2.09. The average Bonchev–Trinajstić information content (AvgIpc) is 2.71. The highest BCUT2D eigenvalue weighted by atomic mass is 16.5. The largest absolute Gasteiger partial charge is 0.361 e. The van der Waals surface area contributed by atoms with Gasteiger partial charge in [0.05, 0.1) is 5.69 Å². The first-order valence-electron chi connectivity index (χ1n) is 6.93. The number of aromatic nitrogens is 1. The molecule has 1 fully saturated rings. The first-order valence-corrected chi connectivity index (χ1v) is 6.93. The molecule has 0 bridgehead atoms.